The molecule has 0 aliphatic carbocycles. The molecular weight excluding hydrogens is 416 g/mol. The van der Waals surface area contributed by atoms with E-state index >= 15 is 0 Å². The van der Waals surface area contributed by atoms with E-state index in [1.807, 2.05) is 0 Å². The SMILES string of the molecule is O=C(c1c(F)cccc1F)N1CCC[C@@]2(C1)NC(=O)N(Cc1ccc(Cl)cc1)C2=O. The van der Waals surface area contributed by atoms with Gasteiger partial charge in [-0.3, -0.25) is 14.5 Å². The summed E-state index contributed by atoms with van der Waals surface area (Å²) in [6.45, 7) is 0.134. The number of urea groups is 1. The molecule has 1 atom stereocenters. The Morgan fingerprint density at radius 3 is 2.43 bits per heavy atom. The smallest absolute Gasteiger partial charge is 0.325 e. The number of halogens is 3. The molecular formula is C21H18ClF2N3O3. The molecule has 9 heteroatoms. The lowest BCUT2D eigenvalue weighted by Gasteiger charge is -2.38. The minimum absolute atomic E-state index is 0.0550. The third-order valence-electron chi connectivity index (χ3n) is 5.46. The van der Waals surface area contributed by atoms with Gasteiger partial charge in [-0.15, -0.1) is 0 Å². The molecule has 2 aromatic carbocycles. The number of carbonyl (C=O) groups excluding carboxylic acids is 3. The highest BCUT2D eigenvalue weighted by atomic mass is 35.5. The monoisotopic (exact) mass is 433 g/mol. The van der Waals surface area contributed by atoms with Crippen LogP contribution in [0.4, 0.5) is 13.6 Å². The molecule has 1 N–H and O–H groups in total. The van der Waals surface area contributed by atoms with Gasteiger partial charge in [0.2, 0.25) is 0 Å². The van der Waals surface area contributed by atoms with E-state index in [-0.39, 0.29) is 19.6 Å². The van der Waals surface area contributed by atoms with Crippen molar-refractivity contribution in [2.45, 2.75) is 24.9 Å². The molecule has 4 rings (SSSR count). The molecule has 2 heterocycles. The zero-order valence-corrected chi connectivity index (χ0v) is 16.6. The zero-order chi connectivity index (χ0) is 21.5. The number of piperidine rings is 1. The lowest BCUT2D eigenvalue weighted by atomic mass is 9.88. The highest BCUT2D eigenvalue weighted by Gasteiger charge is 2.53. The Bertz CT molecular complexity index is 1010. The number of amides is 4. The second-order valence-electron chi connectivity index (χ2n) is 7.46. The van der Waals surface area contributed by atoms with Crippen molar-refractivity contribution in [3.63, 3.8) is 0 Å². The summed E-state index contributed by atoms with van der Waals surface area (Å²) in [7, 11) is 0. The number of likely N-dealkylation sites (tertiary alicyclic amines) is 1. The number of nitrogens with one attached hydrogen (secondary N) is 1. The number of hydrogen-bond donors (Lipinski definition) is 1. The van der Waals surface area contributed by atoms with Crippen LogP contribution < -0.4 is 5.32 Å². The fourth-order valence-electron chi connectivity index (χ4n) is 3.96. The summed E-state index contributed by atoms with van der Waals surface area (Å²) in [5, 5.41) is 3.23. The van der Waals surface area contributed by atoms with Crippen molar-refractivity contribution in [3.8, 4) is 0 Å². The summed E-state index contributed by atoms with van der Waals surface area (Å²) < 4.78 is 28.1. The van der Waals surface area contributed by atoms with Crippen LogP contribution in [0.5, 0.6) is 0 Å². The first kappa shape index (κ1) is 20.3. The van der Waals surface area contributed by atoms with Crippen LogP contribution in [-0.4, -0.2) is 46.3 Å². The lowest BCUT2D eigenvalue weighted by molar-refractivity contribution is -0.133. The second kappa shape index (κ2) is 7.68. The van der Waals surface area contributed by atoms with Gasteiger partial charge >= 0.3 is 6.03 Å². The first-order valence-corrected chi connectivity index (χ1v) is 9.80. The van der Waals surface area contributed by atoms with Crippen molar-refractivity contribution in [1.82, 2.24) is 15.1 Å². The molecule has 0 unspecified atom stereocenters. The quantitative estimate of drug-likeness (QED) is 0.755. The van der Waals surface area contributed by atoms with Gasteiger partial charge in [-0.1, -0.05) is 29.8 Å². The molecule has 0 saturated carbocycles. The maximum absolute atomic E-state index is 14.1. The molecule has 30 heavy (non-hydrogen) atoms. The number of benzene rings is 2. The van der Waals surface area contributed by atoms with Crippen LogP contribution in [0.2, 0.25) is 5.02 Å². The van der Waals surface area contributed by atoms with Gasteiger partial charge in [0, 0.05) is 11.6 Å². The average molecular weight is 434 g/mol. The van der Waals surface area contributed by atoms with Crippen LogP contribution in [0.15, 0.2) is 42.5 Å². The van der Waals surface area contributed by atoms with E-state index in [1.54, 1.807) is 24.3 Å². The summed E-state index contributed by atoms with van der Waals surface area (Å²) in [4.78, 5) is 40.7. The molecule has 2 fully saturated rings. The Balaban J connectivity index is 1.55. The van der Waals surface area contributed by atoms with Gasteiger partial charge in [-0.05, 0) is 42.7 Å². The fourth-order valence-corrected chi connectivity index (χ4v) is 4.08. The van der Waals surface area contributed by atoms with Crippen LogP contribution in [-0.2, 0) is 11.3 Å². The van der Waals surface area contributed by atoms with E-state index in [0.29, 0.717) is 17.9 Å². The Kier molecular flexibility index (Phi) is 5.19. The largest absolute Gasteiger partial charge is 0.336 e. The summed E-state index contributed by atoms with van der Waals surface area (Å²) >= 11 is 5.87. The van der Waals surface area contributed by atoms with Gasteiger partial charge in [-0.2, -0.15) is 0 Å². The number of carbonyl (C=O) groups is 3. The minimum atomic E-state index is -1.31. The van der Waals surface area contributed by atoms with Crippen molar-refractivity contribution < 1.29 is 23.2 Å². The van der Waals surface area contributed by atoms with Gasteiger partial charge in [0.05, 0.1) is 13.1 Å². The molecule has 2 aromatic rings. The molecule has 6 nitrogen and oxygen atoms in total. The number of rotatable bonds is 3. The molecule has 0 bridgehead atoms. The molecule has 4 amide bonds. The van der Waals surface area contributed by atoms with E-state index in [2.05, 4.69) is 5.32 Å². The minimum Gasteiger partial charge on any atom is -0.336 e. The summed E-state index contributed by atoms with van der Waals surface area (Å²) in [5.41, 5.74) is -1.25. The highest BCUT2D eigenvalue weighted by molar-refractivity contribution is 6.30. The van der Waals surface area contributed by atoms with E-state index in [0.717, 1.165) is 22.6 Å². The van der Waals surface area contributed by atoms with Crippen molar-refractivity contribution in [3.05, 3.63) is 70.2 Å². The van der Waals surface area contributed by atoms with Gasteiger partial charge in [0.15, 0.2) is 0 Å². The average Bonchev–Trinajstić information content (AvgIpc) is 2.93. The Hall–Kier alpha value is -3.00. The van der Waals surface area contributed by atoms with E-state index in [1.165, 1.54) is 11.0 Å². The standard InChI is InChI=1S/C21H18ClF2N3O3/c22-14-7-5-13(6-8-14)11-27-19(29)21(25-20(27)30)9-2-10-26(12-21)18(28)17-15(23)3-1-4-16(17)24/h1,3-8H,2,9-12H2,(H,25,30)/t21-/m0/s1. The number of imide groups is 1. The number of hydrogen-bond acceptors (Lipinski definition) is 3. The molecule has 156 valence electrons. The lowest BCUT2D eigenvalue weighted by Crippen LogP contribution is -2.59. The maximum Gasteiger partial charge on any atom is 0.325 e. The van der Waals surface area contributed by atoms with Crippen molar-refractivity contribution in [2.75, 3.05) is 13.1 Å². The molecule has 0 radical (unpaired) electrons. The topological polar surface area (TPSA) is 69.7 Å². The molecule has 2 aliphatic heterocycles. The van der Waals surface area contributed by atoms with E-state index in [4.69, 9.17) is 11.6 Å². The van der Waals surface area contributed by atoms with Crippen molar-refractivity contribution in [1.29, 1.82) is 0 Å². The molecule has 2 saturated heterocycles. The third-order valence-corrected chi connectivity index (χ3v) is 5.71. The summed E-state index contributed by atoms with van der Waals surface area (Å²) in [5.74, 6) is -3.24. The van der Waals surface area contributed by atoms with Gasteiger partial charge < -0.3 is 10.2 Å². The van der Waals surface area contributed by atoms with E-state index < -0.39 is 40.6 Å². The summed E-state index contributed by atoms with van der Waals surface area (Å²) in [6, 6.07) is 9.37. The Morgan fingerprint density at radius 1 is 1.10 bits per heavy atom. The van der Waals surface area contributed by atoms with Gasteiger partial charge in [0.1, 0.15) is 22.7 Å². The van der Waals surface area contributed by atoms with Gasteiger partial charge in [0.25, 0.3) is 11.8 Å². The Labute approximate surface area is 176 Å². The zero-order valence-electron chi connectivity index (χ0n) is 15.8. The Morgan fingerprint density at radius 2 is 1.77 bits per heavy atom. The first-order chi connectivity index (χ1) is 14.3. The van der Waals surface area contributed by atoms with Crippen LogP contribution in [0.25, 0.3) is 0 Å². The second-order valence-corrected chi connectivity index (χ2v) is 7.89. The van der Waals surface area contributed by atoms with Crippen LogP contribution in [0.3, 0.4) is 0 Å². The number of nitrogens with zero attached hydrogens (tertiary/aromatic N) is 2. The summed E-state index contributed by atoms with van der Waals surface area (Å²) in [6.07, 6.45) is 0.737. The van der Waals surface area contributed by atoms with Crippen molar-refractivity contribution >= 4 is 29.4 Å². The van der Waals surface area contributed by atoms with Crippen molar-refractivity contribution in [2.24, 2.45) is 0 Å². The third kappa shape index (κ3) is 3.52. The van der Waals surface area contributed by atoms with Crippen LogP contribution in [0, 0.1) is 11.6 Å². The fraction of sp³-hybridized carbons (Fsp3) is 0.286. The molecule has 2 aliphatic rings. The highest BCUT2D eigenvalue weighted by Crippen LogP contribution is 2.31. The van der Waals surface area contributed by atoms with Gasteiger partial charge in [-0.25, -0.2) is 13.6 Å². The van der Waals surface area contributed by atoms with Crippen LogP contribution in [0.1, 0.15) is 28.8 Å². The normalized spacial score (nSPS) is 21.3. The predicted octanol–water partition coefficient (Wildman–Crippen LogP) is 3.35. The first-order valence-electron chi connectivity index (χ1n) is 9.42. The predicted molar refractivity (Wildman–Crippen MR) is 105 cm³/mol. The molecule has 1 spiro atoms. The molecule has 0 aromatic heterocycles. The van der Waals surface area contributed by atoms with Crippen LogP contribution >= 0.6 is 11.6 Å². The maximum atomic E-state index is 14.1. The van der Waals surface area contributed by atoms with E-state index in [9.17, 15) is 23.2 Å².